The monoisotopic (exact) mass is 480 g/mol. The van der Waals surface area contributed by atoms with Gasteiger partial charge in [-0.1, -0.05) is 36.5 Å². The first kappa shape index (κ1) is 27.4. The second-order valence-electron chi connectivity index (χ2n) is 6.65. The molecule has 0 amide bonds. The van der Waals surface area contributed by atoms with Crippen molar-refractivity contribution in [2.45, 2.75) is 32.6 Å². The summed E-state index contributed by atoms with van der Waals surface area (Å²) in [5.41, 5.74) is 2.23. The first-order valence-electron chi connectivity index (χ1n) is 9.45. The number of benzene rings is 2. The van der Waals surface area contributed by atoms with Crippen LogP contribution in [0, 0.1) is 0 Å². The van der Waals surface area contributed by atoms with Crippen molar-refractivity contribution >= 4 is 79.9 Å². The van der Waals surface area contributed by atoms with Crippen LogP contribution in [0.15, 0.2) is 52.7 Å². The Bertz CT molecular complexity index is 925. The van der Waals surface area contributed by atoms with Gasteiger partial charge < -0.3 is 4.90 Å². The van der Waals surface area contributed by atoms with Crippen molar-refractivity contribution < 1.29 is 13.0 Å². The maximum Gasteiger partial charge on any atom is 0.264 e. The summed E-state index contributed by atoms with van der Waals surface area (Å²) in [7, 11) is -3.90. The van der Waals surface area contributed by atoms with Gasteiger partial charge in [-0.05, 0) is 61.7 Å². The Morgan fingerprint density at radius 1 is 0.967 bits per heavy atom. The van der Waals surface area contributed by atoms with Crippen LogP contribution in [0.3, 0.4) is 0 Å². The first-order valence-corrected chi connectivity index (χ1v) is 11.8. The Morgan fingerprint density at radius 2 is 1.63 bits per heavy atom. The summed E-state index contributed by atoms with van der Waals surface area (Å²) in [6.45, 7) is 3.72. The molecule has 0 spiro atoms. The normalized spacial score (nSPS) is 11.5. The molecular weight excluding hydrogens is 456 g/mol. The summed E-state index contributed by atoms with van der Waals surface area (Å²) < 4.78 is 30.6. The van der Waals surface area contributed by atoms with Crippen LogP contribution in [0.25, 0.3) is 0 Å². The third-order valence-electron chi connectivity index (χ3n) is 4.26. The molecule has 6 nitrogen and oxygen atoms in total. The summed E-state index contributed by atoms with van der Waals surface area (Å²) in [5, 5.41) is 9.39. The van der Waals surface area contributed by atoms with E-state index in [1.807, 2.05) is 24.3 Å². The Kier molecular flexibility index (Phi) is 12.5. The van der Waals surface area contributed by atoms with Crippen molar-refractivity contribution in [2.24, 2.45) is 10.2 Å². The van der Waals surface area contributed by atoms with Crippen molar-refractivity contribution in [1.82, 2.24) is 0 Å². The predicted octanol–water partition coefficient (Wildman–Crippen LogP) is 6.30. The third-order valence-corrected chi connectivity index (χ3v) is 5.62. The second-order valence-corrected chi connectivity index (χ2v) is 9.06. The molecule has 30 heavy (non-hydrogen) atoms. The van der Waals surface area contributed by atoms with Crippen molar-refractivity contribution in [3.8, 4) is 0 Å². The van der Waals surface area contributed by atoms with Crippen molar-refractivity contribution in [1.29, 1.82) is 0 Å². The fourth-order valence-corrected chi connectivity index (χ4v) is 3.60. The van der Waals surface area contributed by atoms with E-state index in [9.17, 15) is 8.42 Å². The molecule has 10 heteroatoms. The number of rotatable bonds is 11. The Morgan fingerprint density at radius 3 is 2.27 bits per heavy atom. The number of halogens is 2. The van der Waals surface area contributed by atoms with E-state index >= 15 is 0 Å². The molecule has 0 bridgehead atoms. The van der Waals surface area contributed by atoms with Crippen LogP contribution in [0.2, 0.25) is 10.0 Å². The minimum absolute atomic E-state index is 0. The van der Waals surface area contributed by atoms with Gasteiger partial charge in [0, 0.05) is 53.4 Å². The number of anilines is 1. The Balaban J connectivity index is 0.00000450. The molecule has 0 saturated carbocycles. The van der Waals surface area contributed by atoms with Gasteiger partial charge in [0.1, 0.15) is 5.69 Å². The van der Waals surface area contributed by atoms with Crippen LogP contribution in [-0.4, -0.2) is 61.4 Å². The van der Waals surface area contributed by atoms with Crippen LogP contribution in [0.5, 0.6) is 0 Å². The SMILES string of the molecule is CCCCN(CCCCS(=O)(=O)O)c1ccc(N=Nc2cc(Cl)ccc2Cl)cc1.[Na]. The predicted molar refractivity (Wildman–Crippen MR) is 126 cm³/mol. The van der Waals surface area contributed by atoms with E-state index in [2.05, 4.69) is 22.1 Å². The van der Waals surface area contributed by atoms with Crippen LogP contribution < -0.4 is 4.90 Å². The van der Waals surface area contributed by atoms with Gasteiger partial charge in [0.25, 0.3) is 10.1 Å². The minimum Gasteiger partial charge on any atom is -0.372 e. The molecule has 2 aromatic carbocycles. The maximum atomic E-state index is 10.9. The van der Waals surface area contributed by atoms with Gasteiger partial charge in [0.05, 0.1) is 16.5 Å². The number of hydrogen-bond acceptors (Lipinski definition) is 5. The Labute approximate surface area is 210 Å². The fourth-order valence-electron chi connectivity index (χ4n) is 2.71. The summed E-state index contributed by atoms with van der Waals surface area (Å²) in [4.78, 5) is 2.21. The molecule has 0 saturated heterocycles. The van der Waals surface area contributed by atoms with Crippen LogP contribution in [0.4, 0.5) is 17.1 Å². The molecular formula is C20H25Cl2N3NaO3S. The molecule has 0 aromatic heterocycles. The molecule has 0 heterocycles. The molecule has 2 aromatic rings. The number of unbranched alkanes of at least 4 members (excludes halogenated alkanes) is 2. The first-order chi connectivity index (χ1) is 13.8. The third kappa shape index (κ3) is 10.1. The summed E-state index contributed by atoms with van der Waals surface area (Å²) in [5.74, 6) is -0.208. The quantitative estimate of drug-likeness (QED) is 0.177. The topological polar surface area (TPSA) is 82.3 Å². The average molecular weight is 481 g/mol. The molecule has 2 rings (SSSR count). The van der Waals surface area contributed by atoms with Gasteiger partial charge in [-0.25, -0.2) is 0 Å². The molecule has 0 atom stereocenters. The van der Waals surface area contributed by atoms with E-state index in [0.717, 1.165) is 25.1 Å². The minimum atomic E-state index is -3.90. The van der Waals surface area contributed by atoms with E-state index in [-0.39, 0.29) is 35.3 Å². The van der Waals surface area contributed by atoms with Crippen LogP contribution in [-0.2, 0) is 10.1 Å². The molecule has 0 fully saturated rings. The molecule has 1 N–H and O–H groups in total. The van der Waals surface area contributed by atoms with Gasteiger partial charge in [0.15, 0.2) is 0 Å². The van der Waals surface area contributed by atoms with Gasteiger partial charge in [-0.15, -0.1) is 5.11 Å². The number of hydrogen-bond donors (Lipinski definition) is 1. The standard InChI is InChI=1S/C20H25Cl2N3O3S.Na/c1-2-3-12-25(13-4-5-14-29(26,27)28)18-9-7-17(8-10-18)23-24-20-15-16(21)6-11-19(20)22;/h6-11,15H,2-5,12-14H2,1H3,(H,26,27,28);. The second kappa shape index (κ2) is 13.7. The van der Waals surface area contributed by atoms with Gasteiger partial charge in [-0.2, -0.15) is 13.5 Å². The van der Waals surface area contributed by atoms with Crippen molar-refractivity contribution in [3.05, 3.63) is 52.5 Å². The average Bonchev–Trinajstić information content (AvgIpc) is 2.68. The van der Waals surface area contributed by atoms with Crippen LogP contribution >= 0.6 is 23.2 Å². The van der Waals surface area contributed by atoms with Gasteiger partial charge in [0.2, 0.25) is 0 Å². The number of azo groups is 1. The van der Waals surface area contributed by atoms with Crippen molar-refractivity contribution in [2.75, 3.05) is 23.7 Å². The Hall–Kier alpha value is -0.670. The summed E-state index contributed by atoms with van der Waals surface area (Å²) >= 11 is 12.1. The van der Waals surface area contributed by atoms with Crippen LogP contribution in [0.1, 0.15) is 32.6 Å². The largest absolute Gasteiger partial charge is 0.372 e. The molecule has 0 aliphatic carbocycles. The maximum absolute atomic E-state index is 10.9. The molecule has 159 valence electrons. The zero-order valence-electron chi connectivity index (χ0n) is 17.3. The summed E-state index contributed by atoms with van der Waals surface area (Å²) in [6.07, 6.45) is 3.20. The smallest absolute Gasteiger partial charge is 0.264 e. The van der Waals surface area contributed by atoms with Crippen molar-refractivity contribution in [3.63, 3.8) is 0 Å². The molecule has 1 radical (unpaired) electrons. The van der Waals surface area contributed by atoms with E-state index in [4.69, 9.17) is 27.8 Å². The molecule has 0 aliphatic rings. The van der Waals surface area contributed by atoms with Gasteiger partial charge in [-0.3, -0.25) is 4.55 Å². The zero-order chi connectivity index (χ0) is 21.3. The number of nitrogens with zero attached hydrogens (tertiary/aromatic N) is 3. The zero-order valence-corrected chi connectivity index (χ0v) is 21.6. The fraction of sp³-hybridized carbons (Fsp3) is 0.400. The van der Waals surface area contributed by atoms with E-state index in [1.54, 1.807) is 18.2 Å². The summed E-state index contributed by atoms with van der Waals surface area (Å²) in [6, 6.07) is 12.7. The van der Waals surface area contributed by atoms with E-state index < -0.39 is 10.1 Å². The van der Waals surface area contributed by atoms with Gasteiger partial charge >= 0.3 is 0 Å². The van der Waals surface area contributed by atoms with E-state index in [1.165, 1.54) is 0 Å². The molecule has 0 unspecified atom stereocenters. The molecule has 0 aliphatic heterocycles. The van der Waals surface area contributed by atoms with E-state index in [0.29, 0.717) is 40.8 Å².